The van der Waals surface area contributed by atoms with Crippen LogP contribution in [0.4, 0.5) is 0 Å². The van der Waals surface area contributed by atoms with Crippen molar-refractivity contribution in [1.29, 1.82) is 0 Å². The number of carbonyl (C=O) groups is 1. The van der Waals surface area contributed by atoms with E-state index in [0.29, 0.717) is 18.0 Å². The minimum Gasteiger partial charge on any atom is -0.331 e. The zero-order chi connectivity index (χ0) is 21.9. The van der Waals surface area contributed by atoms with E-state index in [-0.39, 0.29) is 28.9 Å². The summed E-state index contributed by atoms with van der Waals surface area (Å²) in [7, 11) is -3.10. The van der Waals surface area contributed by atoms with Crippen LogP contribution in [0.5, 0.6) is 0 Å². The maximum Gasteiger partial charge on any atom is 0.247 e. The minimum absolute atomic E-state index is 0.0143. The van der Waals surface area contributed by atoms with Crippen molar-refractivity contribution in [3.8, 4) is 0 Å². The summed E-state index contributed by atoms with van der Waals surface area (Å²) in [6.07, 6.45) is 3.79. The lowest BCUT2D eigenvalue weighted by atomic mass is 9.87. The molecule has 0 bridgehead atoms. The molecule has 1 saturated heterocycles. The standard InChI is InChI=1S/C24H28ClNO3S/c1-24(2,3)20-9-4-18(5-10-20)8-13-23(27)26(22-14-15-30(28,29)17-22)16-19-6-11-21(25)12-7-19/h4-13,22H,14-17H2,1-3H3/b13-8+/t22-/m1/s1. The summed E-state index contributed by atoms with van der Waals surface area (Å²) in [5, 5.41) is 0.624. The zero-order valence-corrected chi connectivity index (χ0v) is 19.2. The molecule has 0 spiro atoms. The first kappa shape index (κ1) is 22.6. The Labute approximate surface area is 184 Å². The lowest BCUT2D eigenvalue weighted by Crippen LogP contribution is -2.39. The van der Waals surface area contributed by atoms with E-state index in [1.165, 1.54) is 11.6 Å². The van der Waals surface area contributed by atoms with Crippen molar-refractivity contribution >= 4 is 33.4 Å². The Morgan fingerprint density at radius 2 is 1.73 bits per heavy atom. The predicted octanol–water partition coefficient (Wildman–Crippen LogP) is 4.87. The molecule has 0 aromatic heterocycles. The molecule has 0 N–H and O–H groups in total. The van der Waals surface area contributed by atoms with Gasteiger partial charge in [0.15, 0.2) is 9.84 Å². The first-order chi connectivity index (χ1) is 14.0. The molecule has 1 amide bonds. The van der Waals surface area contributed by atoms with Crippen LogP contribution in [0.1, 0.15) is 43.9 Å². The third kappa shape index (κ3) is 5.96. The number of carbonyl (C=O) groups excluding carboxylic acids is 1. The van der Waals surface area contributed by atoms with E-state index in [2.05, 4.69) is 32.9 Å². The molecule has 1 aliphatic rings. The van der Waals surface area contributed by atoms with E-state index >= 15 is 0 Å². The molecule has 160 valence electrons. The van der Waals surface area contributed by atoms with Gasteiger partial charge in [0.2, 0.25) is 5.91 Å². The van der Waals surface area contributed by atoms with E-state index in [1.807, 2.05) is 24.3 Å². The lowest BCUT2D eigenvalue weighted by Gasteiger charge is -2.27. The molecular formula is C24H28ClNO3S. The number of hydrogen-bond donors (Lipinski definition) is 0. The van der Waals surface area contributed by atoms with Crippen molar-refractivity contribution < 1.29 is 13.2 Å². The van der Waals surface area contributed by atoms with Gasteiger partial charge in [-0.05, 0) is 46.7 Å². The van der Waals surface area contributed by atoms with E-state index < -0.39 is 9.84 Å². The van der Waals surface area contributed by atoms with Crippen LogP contribution in [0, 0.1) is 0 Å². The van der Waals surface area contributed by atoms with Gasteiger partial charge in [-0.25, -0.2) is 8.42 Å². The summed E-state index contributed by atoms with van der Waals surface area (Å²) in [6, 6.07) is 15.1. The van der Waals surface area contributed by atoms with Gasteiger partial charge in [-0.1, -0.05) is 68.8 Å². The predicted molar refractivity (Wildman–Crippen MR) is 123 cm³/mol. The zero-order valence-electron chi connectivity index (χ0n) is 17.6. The highest BCUT2D eigenvalue weighted by Gasteiger charge is 2.34. The van der Waals surface area contributed by atoms with E-state index in [4.69, 9.17) is 11.6 Å². The summed E-state index contributed by atoms with van der Waals surface area (Å²) < 4.78 is 24.0. The Kier molecular flexibility index (Phi) is 6.73. The summed E-state index contributed by atoms with van der Waals surface area (Å²) in [6.45, 7) is 6.83. The topological polar surface area (TPSA) is 54.5 Å². The van der Waals surface area contributed by atoms with Crippen LogP contribution in [0.15, 0.2) is 54.6 Å². The van der Waals surface area contributed by atoms with E-state index in [0.717, 1.165) is 11.1 Å². The number of amides is 1. The van der Waals surface area contributed by atoms with Crippen LogP contribution in [0.25, 0.3) is 6.08 Å². The highest BCUT2D eigenvalue weighted by atomic mass is 35.5. The Morgan fingerprint density at radius 3 is 2.27 bits per heavy atom. The summed E-state index contributed by atoms with van der Waals surface area (Å²) in [5.41, 5.74) is 3.15. The SMILES string of the molecule is CC(C)(C)c1ccc(/C=C/C(=O)N(Cc2ccc(Cl)cc2)[C@@H]2CCS(=O)(=O)C2)cc1. The van der Waals surface area contributed by atoms with Crippen molar-refractivity contribution in [3.63, 3.8) is 0 Å². The second kappa shape index (κ2) is 8.94. The smallest absolute Gasteiger partial charge is 0.247 e. The van der Waals surface area contributed by atoms with Gasteiger partial charge in [-0.3, -0.25) is 4.79 Å². The number of nitrogens with zero attached hydrogens (tertiary/aromatic N) is 1. The molecule has 0 unspecified atom stereocenters. The van der Waals surface area contributed by atoms with Crippen molar-refractivity contribution in [3.05, 3.63) is 76.3 Å². The van der Waals surface area contributed by atoms with Crippen molar-refractivity contribution in [1.82, 2.24) is 4.90 Å². The molecule has 1 atom stereocenters. The second-order valence-corrected chi connectivity index (χ2v) is 11.5. The second-order valence-electron chi connectivity index (χ2n) is 8.85. The van der Waals surface area contributed by atoms with Crippen molar-refractivity contribution in [2.45, 2.75) is 45.2 Å². The van der Waals surface area contributed by atoms with Crippen LogP contribution >= 0.6 is 11.6 Å². The number of rotatable bonds is 5. The lowest BCUT2D eigenvalue weighted by molar-refractivity contribution is -0.128. The molecule has 0 aliphatic carbocycles. The van der Waals surface area contributed by atoms with Crippen molar-refractivity contribution in [2.75, 3.05) is 11.5 Å². The molecule has 3 rings (SSSR count). The van der Waals surface area contributed by atoms with Gasteiger partial charge in [-0.2, -0.15) is 0 Å². The average Bonchev–Trinajstić information content (AvgIpc) is 3.04. The quantitative estimate of drug-likeness (QED) is 0.617. The molecule has 0 radical (unpaired) electrons. The highest BCUT2D eigenvalue weighted by Crippen LogP contribution is 2.24. The van der Waals surface area contributed by atoms with Crippen molar-refractivity contribution in [2.24, 2.45) is 0 Å². The fourth-order valence-electron chi connectivity index (χ4n) is 3.55. The first-order valence-electron chi connectivity index (χ1n) is 10.1. The molecule has 1 heterocycles. The van der Waals surface area contributed by atoms with Gasteiger partial charge in [0.1, 0.15) is 0 Å². The van der Waals surface area contributed by atoms with Gasteiger partial charge in [0, 0.05) is 23.7 Å². The number of benzene rings is 2. The molecule has 6 heteroatoms. The van der Waals surface area contributed by atoms with Crippen LogP contribution in [-0.4, -0.2) is 36.8 Å². The van der Waals surface area contributed by atoms with Gasteiger partial charge >= 0.3 is 0 Å². The fraction of sp³-hybridized carbons (Fsp3) is 0.375. The average molecular weight is 446 g/mol. The van der Waals surface area contributed by atoms with Gasteiger partial charge < -0.3 is 4.90 Å². The largest absolute Gasteiger partial charge is 0.331 e. The maximum atomic E-state index is 13.0. The summed E-state index contributed by atoms with van der Waals surface area (Å²) in [5.74, 6) is -0.0486. The highest BCUT2D eigenvalue weighted by molar-refractivity contribution is 7.91. The molecule has 2 aromatic rings. The fourth-order valence-corrected chi connectivity index (χ4v) is 5.41. The Bertz CT molecular complexity index is 1020. The van der Waals surface area contributed by atoms with Gasteiger partial charge in [-0.15, -0.1) is 0 Å². The third-order valence-electron chi connectivity index (χ3n) is 5.39. The molecule has 0 saturated carbocycles. The van der Waals surface area contributed by atoms with Crippen LogP contribution in [0.3, 0.4) is 0 Å². The summed E-state index contributed by atoms with van der Waals surface area (Å²) >= 11 is 5.96. The maximum absolute atomic E-state index is 13.0. The van der Waals surface area contributed by atoms with Crippen LogP contribution < -0.4 is 0 Å². The molecule has 4 nitrogen and oxygen atoms in total. The van der Waals surface area contributed by atoms with E-state index in [9.17, 15) is 13.2 Å². The molecule has 2 aromatic carbocycles. The molecule has 1 fully saturated rings. The van der Waals surface area contributed by atoms with Gasteiger partial charge in [0.05, 0.1) is 11.5 Å². The molecule has 1 aliphatic heterocycles. The van der Waals surface area contributed by atoms with Crippen LogP contribution in [-0.2, 0) is 26.6 Å². The number of halogens is 1. The van der Waals surface area contributed by atoms with E-state index in [1.54, 1.807) is 23.1 Å². The Morgan fingerprint density at radius 1 is 1.10 bits per heavy atom. The Balaban J connectivity index is 1.79. The molecular weight excluding hydrogens is 418 g/mol. The monoisotopic (exact) mass is 445 g/mol. The Hall–Kier alpha value is -2.11. The third-order valence-corrected chi connectivity index (χ3v) is 7.40. The first-order valence-corrected chi connectivity index (χ1v) is 12.3. The number of sulfone groups is 1. The minimum atomic E-state index is -3.10. The van der Waals surface area contributed by atoms with Gasteiger partial charge in [0.25, 0.3) is 0 Å². The number of hydrogen-bond acceptors (Lipinski definition) is 3. The molecule has 30 heavy (non-hydrogen) atoms. The normalized spacial score (nSPS) is 18.6. The summed E-state index contributed by atoms with van der Waals surface area (Å²) in [4.78, 5) is 14.7. The van der Waals surface area contributed by atoms with Crippen LogP contribution in [0.2, 0.25) is 5.02 Å².